The van der Waals surface area contributed by atoms with E-state index < -0.39 is 0 Å². The van der Waals surface area contributed by atoms with Crippen molar-refractivity contribution in [1.82, 2.24) is 5.32 Å². The van der Waals surface area contributed by atoms with Crippen molar-refractivity contribution in [3.63, 3.8) is 0 Å². The zero-order valence-electron chi connectivity index (χ0n) is 11.5. The summed E-state index contributed by atoms with van der Waals surface area (Å²) in [7, 11) is 0. The first kappa shape index (κ1) is 14.0. The van der Waals surface area contributed by atoms with Crippen LogP contribution in [0.4, 0.5) is 4.39 Å². The molecule has 0 heterocycles. The van der Waals surface area contributed by atoms with E-state index in [0.29, 0.717) is 23.7 Å². The van der Waals surface area contributed by atoms with Crippen LogP contribution in [0.15, 0.2) is 18.2 Å². The highest BCUT2D eigenvalue weighted by atomic mass is 19.1. The summed E-state index contributed by atoms with van der Waals surface area (Å²) < 4.78 is 13.7. The maximum absolute atomic E-state index is 13.7. The third-order valence-electron chi connectivity index (χ3n) is 4.15. The van der Waals surface area contributed by atoms with Crippen LogP contribution >= 0.6 is 0 Å². The van der Waals surface area contributed by atoms with E-state index in [1.807, 2.05) is 6.07 Å². The van der Waals surface area contributed by atoms with Gasteiger partial charge in [-0.15, -0.1) is 0 Å². The molecule has 1 fully saturated rings. The molecular formula is C16H21FN2. The molecule has 1 atom stereocenters. The molecule has 0 amide bonds. The summed E-state index contributed by atoms with van der Waals surface area (Å²) in [5, 5.41) is 12.1. The first-order chi connectivity index (χ1) is 9.20. The molecule has 1 saturated carbocycles. The fourth-order valence-electron chi connectivity index (χ4n) is 2.83. The van der Waals surface area contributed by atoms with Crippen LogP contribution < -0.4 is 5.32 Å². The van der Waals surface area contributed by atoms with Gasteiger partial charge in [-0.2, -0.15) is 5.26 Å². The molecule has 19 heavy (non-hydrogen) atoms. The van der Waals surface area contributed by atoms with E-state index in [-0.39, 0.29) is 5.82 Å². The number of benzene rings is 1. The number of rotatable bonds is 4. The van der Waals surface area contributed by atoms with Crippen molar-refractivity contribution in [2.75, 3.05) is 0 Å². The minimum Gasteiger partial charge on any atom is -0.310 e. The van der Waals surface area contributed by atoms with E-state index in [2.05, 4.69) is 12.2 Å². The summed E-state index contributed by atoms with van der Waals surface area (Å²) in [5.41, 5.74) is 1.02. The molecule has 2 rings (SSSR count). The quantitative estimate of drug-likeness (QED) is 0.894. The van der Waals surface area contributed by atoms with Gasteiger partial charge >= 0.3 is 0 Å². The molecule has 1 aromatic rings. The van der Waals surface area contributed by atoms with Gasteiger partial charge in [0.25, 0.3) is 0 Å². The Bertz CT molecular complexity index is 458. The average molecular weight is 260 g/mol. The molecule has 3 heteroatoms. The van der Waals surface area contributed by atoms with Crippen molar-refractivity contribution in [3.05, 3.63) is 35.1 Å². The predicted octanol–water partition coefficient (Wildman–Crippen LogP) is 3.76. The second kappa shape index (κ2) is 6.68. The van der Waals surface area contributed by atoms with Crippen LogP contribution in [0.1, 0.15) is 50.2 Å². The van der Waals surface area contributed by atoms with E-state index in [0.717, 1.165) is 5.92 Å². The van der Waals surface area contributed by atoms with Gasteiger partial charge in [0.2, 0.25) is 0 Å². The normalized spacial score (nSPS) is 17.9. The first-order valence-corrected chi connectivity index (χ1v) is 7.12. The highest BCUT2D eigenvalue weighted by molar-refractivity contribution is 5.32. The largest absolute Gasteiger partial charge is 0.310 e. The lowest BCUT2D eigenvalue weighted by Crippen LogP contribution is -2.34. The Morgan fingerprint density at radius 2 is 2.11 bits per heavy atom. The van der Waals surface area contributed by atoms with Gasteiger partial charge in [-0.25, -0.2) is 4.39 Å². The van der Waals surface area contributed by atoms with E-state index in [1.54, 1.807) is 12.1 Å². The molecule has 2 nitrogen and oxygen atoms in total. The molecule has 0 aromatic heterocycles. The molecule has 1 aliphatic rings. The van der Waals surface area contributed by atoms with Gasteiger partial charge in [-0.05, 0) is 37.8 Å². The van der Waals surface area contributed by atoms with Crippen LogP contribution in [0.3, 0.4) is 0 Å². The van der Waals surface area contributed by atoms with E-state index in [4.69, 9.17) is 5.26 Å². The summed E-state index contributed by atoms with van der Waals surface area (Å²) >= 11 is 0. The summed E-state index contributed by atoms with van der Waals surface area (Å²) in [6, 6.07) is 7.06. The molecular weight excluding hydrogens is 239 g/mol. The average Bonchev–Trinajstić information content (AvgIpc) is 2.46. The molecule has 0 spiro atoms. The molecule has 0 radical (unpaired) electrons. The van der Waals surface area contributed by atoms with Crippen molar-refractivity contribution in [3.8, 4) is 6.07 Å². The third-order valence-corrected chi connectivity index (χ3v) is 4.15. The Hall–Kier alpha value is -1.40. The number of hydrogen-bond donors (Lipinski definition) is 1. The molecule has 0 bridgehead atoms. The van der Waals surface area contributed by atoms with Crippen LogP contribution in [0.5, 0.6) is 0 Å². The Balaban J connectivity index is 1.89. The summed E-state index contributed by atoms with van der Waals surface area (Å²) in [4.78, 5) is 0. The van der Waals surface area contributed by atoms with Crippen molar-refractivity contribution < 1.29 is 4.39 Å². The first-order valence-electron chi connectivity index (χ1n) is 7.12. The second-order valence-electron chi connectivity index (χ2n) is 5.49. The Labute approximate surface area is 114 Å². The number of halogens is 1. The van der Waals surface area contributed by atoms with Gasteiger partial charge in [0.05, 0.1) is 11.6 Å². The molecule has 0 aliphatic heterocycles. The fraction of sp³-hybridized carbons (Fsp3) is 0.562. The van der Waals surface area contributed by atoms with Gasteiger partial charge in [0, 0.05) is 18.2 Å². The van der Waals surface area contributed by atoms with Crippen molar-refractivity contribution in [1.29, 1.82) is 5.26 Å². The van der Waals surface area contributed by atoms with Crippen LogP contribution in [0.2, 0.25) is 0 Å². The molecule has 1 N–H and O–H groups in total. The lowest BCUT2D eigenvalue weighted by molar-refractivity contribution is 0.280. The monoisotopic (exact) mass is 260 g/mol. The van der Waals surface area contributed by atoms with E-state index >= 15 is 0 Å². The molecule has 1 unspecified atom stereocenters. The van der Waals surface area contributed by atoms with Crippen LogP contribution in [-0.2, 0) is 6.54 Å². The van der Waals surface area contributed by atoms with Gasteiger partial charge < -0.3 is 5.32 Å². The summed E-state index contributed by atoms with van der Waals surface area (Å²) in [6.45, 7) is 2.73. The standard InChI is InChI=1S/C16H21FN2/c1-12(14-5-3-2-4-6-14)19-11-15-8-7-13(10-18)9-16(15)17/h7-9,12,14,19H,2-6,11H2,1H3. The molecule has 0 saturated heterocycles. The van der Waals surface area contributed by atoms with Gasteiger partial charge in [0.15, 0.2) is 0 Å². The topological polar surface area (TPSA) is 35.8 Å². The molecule has 102 valence electrons. The van der Waals surface area contributed by atoms with Crippen molar-refractivity contribution >= 4 is 0 Å². The fourth-order valence-corrected chi connectivity index (χ4v) is 2.83. The van der Waals surface area contributed by atoms with E-state index in [9.17, 15) is 4.39 Å². The minimum atomic E-state index is -0.289. The molecule has 1 aromatic carbocycles. The highest BCUT2D eigenvalue weighted by Gasteiger charge is 2.19. The van der Waals surface area contributed by atoms with Gasteiger partial charge in [-0.3, -0.25) is 0 Å². The zero-order valence-corrected chi connectivity index (χ0v) is 11.5. The summed E-state index contributed by atoms with van der Waals surface area (Å²) in [5.74, 6) is 0.428. The number of nitriles is 1. The van der Waals surface area contributed by atoms with Crippen LogP contribution in [-0.4, -0.2) is 6.04 Å². The van der Waals surface area contributed by atoms with Gasteiger partial charge in [-0.1, -0.05) is 25.3 Å². The minimum absolute atomic E-state index is 0.289. The highest BCUT2D eigenvalue weighted by Crippen LogP contribution is 2.26. The SMILES string of the molecule is CC(NCc1ccc(C#N)cc1F)C1CCCCC1. The maximum Gasteiger partial charge on any atom is 0.129 e. The summed E-state index contributed by atoms with van der Waals surface area (Å²) in [6.07, 6.45) is 6.56. The molecule has 1 aliphatic carbocycles. The third kappa shape index (κ3) is 3.78. The lowest BCUT2D eigenvalue weighted by Gasteiger charge is -2.28. The van der Waals surface area contributed by atoms with Crippen LogP contribution in [0.25, 0.3) is 0 Å². The smallest absolute Gasteiger partial charge is 0.129 e. The number of nitrogens with one attached hydrogen (secondary N) is 1. The maximum atomic E-state index is 13.7. The predicted molar refractivity (Wildman–Crippen MR) is 74.0 cm³/mol. The Morgan fingerprint density at radius 1 is 1.37 bits per heavy atom. The number of hydrogen-bond acceptors (Lipinski definition) is 2. The van der Waals surface area contributed by atoms with Crippen LogP contribution in [0, 0.1) is 23.1 Å². The van der Waals surface area contributed by atoms with Gasteiger partial charge in [0.1, 0.15) is 5.82 Å². The Kier molecular flexibility index (Phi) is 4.93. The second-order valence-corrected chi connectivity index (χ2v) is 5.49. The van der Waals surface area contributed by atoms with E-state index in [1.165, 1.54) is 38.2 Å². The number of nitrogens with zero attached hydrogens (tertiary/aromatic N) is 1. The van der Waals surface area contributed by atoms with Crippen molar-refractivity contribution in [2.45, 2.75) is 51.6 Å². The lowest BCUT2D eigenvalue weighted by atomic mass is 9.84. The zero-order chi connectivity index (χ0) is 13.7. The van der Waals surface area contributed by atoms with Crippen molar-refractivity contribution in [2.24, 2.45) is 5.92 Å². The Morgan fingerprint density at radius 3 is 2.74 bits per heavy atom.